The van der Waals surface area contributed by atoms with Crippen molar-refractivity contribution in [2.24, 2.45) is 0 Å². The predicted octanol–water partition coefficient (Wildman–Crippen LogP) is 1.32. The molecule has 0 saturated heterocycles. The molecule has 0 bridgehead atoms. The number of ether oxygens (including phenoxy) is 3. The number of amides is 1. The summed E-state index contributed by atoms with van der Waals surface area (Å²) in [7, 11) is 0. The Morgan fingerprint density at radius 1 is 1.36 bits per heavy atom. The summed E-state index contributed by atoms with van der Waals surface area (Å²) in [6.07, 6.45) is 0.104. The Kier molecular flexibility index (Phi) is 4.98. The van der Waals surface area contributed by atoms with Crippen LogP contribution in [-0.2, 0) is 23.8 Å². The number of anilines is 1. The summed E-state index contributed by atoms with van der Waals surface area (Å²) in [6.45, 7) is 2.03. The number of nitriles is 1. The topological polar surface area (TPSA) is 97.7 Å². The number of para-hydroxylation sites is 1. The van der Waals surface area contributed by atoms with Crippen LogP contribution in [0, 0.1) is 11.3 Å². The molecule has 1 aromatic rings. The Hall–Kier alpha value is -3.01. The van der Waals surface area contributed by atoms with Crippen molar-refractivity contribution in [1.29, 1.82) is 5.26 Å². The molecule has 0 fully saturated rings. The molecule has 1 N–H and O–H groups in total. The van der Waals surface area contributed by atoms with E-state index in [-0.39, 0.29) is 12.4 Å². The van der Waals surface area contributed by atoms with Crippen LogP contribution in [0.4, 0.5) is 5.69 Å². The lowest BCUT2D eigenvalue weighted by molar-refractivity contribution is -0.153. The molecule has 1 heterocycles. The van der Waals surface area contributed by atoms with E-state index in [2.05, 4.69) is 5.32 Å². The quantitative estimate of drug-likeness (QED) is 0.842. The number of esters is 1. The third kappa shape index (κ3) is 3.76. The lowest BCUT2D eigenvalue weighted by Crippen LogP contribution is -2.31. The molecule has 1 atom stereocenters. The lowest BCUT2D eigenvalue weighted by Gasteiger charge is -2.17. The van der Waals surface area contributed by atoms with Crippen LogP contribution in [0.2, 0.25) is 0 Å². The number of nitrogens with zero attached hydrogens (tertiary/aromatic N) is 1. The number of benzene rings is 1. The first-order valence-corrected chi connectivity index (χ1v) is 6.57. The molecule has 0 unspecified atom stereocenters. The van der Waals surface area contributed by atoms with E-state index in [9.17, 15) is 9.59 Å². The Bertz CT molecular complexity index is 648. The van der Waals surface area contributed by atoms with Crippen LogP contribution in [0.3, 0.4) is 0 Å². The molecule has 22 heavy (non-hydrogen) atoms. The molecule has 0 aromatic heterocycles. The second-order valence-corrected chi connectivity index (χ2v) is 4.40. The van der Waals surface area contributed by atoms with Crippen molar-refractivity contribution >= 4 is 17.6 Å². The average molecular weight is 302 g/mol. The maximum atomic E-state index is 12.0. The molecule has 1 aliphatic rings. The summed E-state index contributed by atoms with van der Waals surface area (Å²) in [5.41, 5.74) is 0.676. The van der Waals surface area contributed by atoms with Crippen LogP contribution in [0.25, 0.3) is 0 Å². The summed E-state index contributed by atoms with van der Waals surface area (Å²) in [4.78, 5) is 23.8. The monoisotopic (exact) mass is 302 g/mol. The Labute approximate surface area is 127 Å². The van der Waals surface area contributed by atoms with Crippen LogP contribution < -0.4 is 5.32 Å². The largest absolute Gasteiger partial charge is 0.493 e. The van der Waals surface area contributed by atoms with E-state index in [1.807, 2.05) is 6.07 Å². The van der Waals surface area contributed by atoms with E-state index in [0.717, 1.165) is 6.26 Å². The minimum absolute atomic E-state index is 0.0803. The third-order valence-electron chi connectivity index (χ3n) is 2.81. The fourth-order valence-electron chi connectivity index (χ4n) is 1.67. The molecule has 0 spiro atoms. The van der Waals surface area contributed by atoms with E-state index < -0.39 is 18.0 Å². The van der Waals surface area contributed by atoms with E-state index in [1.54, 1.807) is 24.3 Å². The first-order valence-electron chi connectivity index (χ1n) is 6.57. The highest BCUT2D eigenvalue weighted by molar-refractivity contribution is 5.97. The maximum absolute atomic E-state index is 12.0. The lowest BCUT2D eigenvalue weighted by atomic mass is 10.2. The predicted molar refractivity (Wildman–Crippen MR) is 75.3 cm³/mol. The van der Waals surface area contributed by atoms with Gasteiger partial charge >= 0.3 is 5.97 Å². The van der Waals surface area contributed by atoms with E-state index in [1.165, 1.54) is 6.92 Å². The number of rotatable bonds is 4. The second kappa shape index (κ2) is 7.13. The van der Waals surface area contributed by atoms with Crippen molar-refractivity contribution in [3.8, 4) is 6.07 Å². The van der Waals surface area contributed by atoms with Crippen molar-refractivity contribution < 1.29 is 23.8 Å². The molecular formula is C15H14N2O5. The van der Waals surface area contributed by atoms with Gasteiger partial charge in [-0.2, -0.15) is 5.26 Å². The minimum atomic E-state index is -1.05. The number of carbonyl (C=O) groups is 2. The fourth-order valence-corrected chi connectivity index (χ4v) is 1.67. The molecule has 2 rings (SSSR count). The Balaban J connectivity index is 1.96. The summed E-state index contributed by atoms with van der Waals surface area (Å²) >= 11 is 0. The molecule has 7 nitrogen and oxygen atoms in total. The number of nitrogens with one attached hydrogen (secondary N) is 1. The van der Waals surface area contributed by atoms with E-state index >= 15 is 0 Å². The van der Waals surface area contributed by atoms with Gasteiger partial charge in [0, 0.05) is 0 Å². The molecule has 1 amide bonds. The number of hydrogen-bond donors (Lipinski definition) is 1. The van der Waals surface area contributed by atoms with Gasteiger partial charge in [0.2, 0.25) is 5.76 Å². The molecule has 0 aliphatic carbocycles. The number of carbonyl (C=O) groups excluding carboxylic acids is 2. The van der Waals surface area contributed by atoms with Gasteiger partial charge in [-0.3, -0.25) is 4.79 Å². The first kappa shape index (κ1) is 15.4. The fraction of sp³-hybridized carbons (Fsp3) is 0.267. The zero-order chi connectivity index (χ0) is 15.9. The van der Waals surface area contributed by atoms with Gasteiger partial charge < -0.3 is 19.5 Å². The summed E-state index contributed by atoms with van der Waals surface area (Å²) in [5.74, 6) is -1.41. The van der Waals surface area contributed by atoms with Crippen molar-refractivity contribution in [3.63, 3.8) is 0 Å². The maximum Gasteiger partial charge on any atom is 0.377 e. The second-order valence-electron chi connectivity index (χ2n) is 4.40. The van der Waals surface area contributed by atoms with Gasteiger partial charge in [0.1, 0.15) is 25.5 Å². The van der Waals surface area contributed by atoms with Gasteiger partial charge in [-0.05, 0) is 19.1 Å². The van der Waals surface area contributed by atoms with Gasteiger partial charge in [0.15, 0.2) is 6.10 Å². The molecular weight excluding hydrogens is 288 g/mol. The van der Waals surface area contributed by atoms with Crippen molar-refractivity contribution in [3.05, 3.63) is 41.9 Å². The van der Waals surface area contributed by atoms with Crippen LogP contribution >= 0.6 is 0 Å². The normalized spacial score (nSPS) is 14.5. The van der Waals surface area contributed by atoms with Crippen LogP contribution in [0.15, 0.2) is 36.3 Å². The van der Waals surface area contributed by atoms with Gasteiger partial charge in [-0.1, -0.05) is 12.1 Å². The summed E-state index contributed by atoms with van der Waals surface area (Å²) in [5, 5.41) is 11.5. The zero-order valence-corrected chi connectivity index (χ0v) is 11.9. The van der Waals surface area contributed by atoms with Crippen LogP contribution in [0.1, 0.15) is 12.5 Å². The molecule has 0 saturated carbocycles. The zero-order valence-electron chi connectivity index (χ0n) is 11.9. The van der Waals surface area contributed by atoms with E-state index in [0.29, 0.717) is 17.9 Å². The smallest absolute Gasteiger partial charge is 0.377 e. The van der Waals surface area contributed by atoms with Gasteiger partial charge in [-0.25, -0.2) is 4.79 Å². The van der Waals surface area contributed by atoms with Crippen molar-refractivity contribution in [2.45, 2.75) is 13.0 Å². The van der Waals surface area contributed by atoms with Crippen molar-refractivity contribution in [2.75, 3.05) is 18.5 Å². The van der Waals surface area contributed by atoms with Gasteiger partial charge in [0.05, 0.1) is 11.3 Å². The summed E-state index contributed by atoms with van der Waals surface area (Å²) < 4.78 is 15.0. The molecule has 114 valence electrons. The Morgan fingerprint density at radius 3 is 2.82 bits per heavy atom. The Morgan fingerprint density at radius 2 is 2.14 bits per heavy atom. The molecule has 7 heteroatoms. The molecule has 1 aliphatic heterocycles. The van der Waals surface area contributed by atoms with Crippen LogP contribution in [-0.4, -0.2) is 31.2 Å². The summed E-state index contributed by atoms with van der Waals surface area (Å²) in [6, 6.07) is 8.50. The standard InChI is InChI=1S/C15H14N2O5/c1-10(22-15(19)13-9-20-6-7-21-13)14(18)17-12-5-3-2-4-11(12)8-16/h2-5,9-10H,6-7H2,1H3,(H,17,18)/t10-/m0/s1. The first-order chi connectivity index (χ1) is 10.6. The highest BCUT2D eigenvalue weighted by Crippen LogP contribution is 2.15. The highest BCUT2D eigenvalue weighted by atomic mass is 16.6. The van der Waals surface area contributed by atoms with Gasteiger partial charge in [-0.15, -0.1) is 0 Å². The van der Waals surface area contributed by atoms with Crippen molar-refractivity contribution in [1.82, 2.24) is 0 Å². The minimum Gasteiger partial charge on any atom is -0.493 e. The third-order valence-corrected chi connectivity index (χ3v) is 2.81. The van der Waals surface area contributed by atoms with E-state index in [4.69, 9.17) is 19.5 Å². The van der Waals surface area contributed by atoms with Crippen LogP contribution in [0.5, 0.6) is 0 Å². The van der Waals surface area contributed by atoms with Gasteiger partial charge in [0.25, 0.3) is 5.91 Å². The molecule has 0 radical (unpaired) electrons. The number of hydrogen-bond acceptors (Lipinski definition) is 6. The molecule has 1 aromatic carbocycles. The average Bonchev–Trinajstić information content (AvgIpc) is 2.56. The highest BCUT2D eigenvalue weighted by Gasteiger charge is 2.23. The SMILES string of the molecule is C[C@H](OC(=O)C1=COCCO1)C(=O)Nc1ccccc1C#N.